The molecule has 1 amide bonds. The standard InChI is InChI=1S/C21H27N3O2/c1-23-19(9-10-22-23)7-8-21(25)24-13-17-11-20(12-18(17)14-24)26-15-16-5-3-2-4-6-16/h2-6,9-10,17-18,20H,7-8,11-15H2,1H3/t17-,18+,20?. The van der Waals surface area contributed by atoms with E-state index in [1.54, 1.807) is 6.20 Å². The van der Waals surface area contributed by atoms with Crippen molar-refractivity contribution in [3.05, 3.63) is 53.9 Å². The second-order valence-electron chi connectivity index (χ2n) is 7.66. The summed E-state index contributed by atoms with van der Waals surface area (Å²) >= 11 is 0. The third-order valence-electron chi connectivity index (χ3n) is 5.91. The van der Waals surface area contributed by atoms with E-state index in [2.05, 4.69) is 34.3 Å². The second-order valence-corrected chi connectivity index (χ2v) is 7.66. The quantitative estimate of drug-likeness (QED) is 0.802. The first kappa shape index (κ1) is 17.3. The van der Waals surface area contributed by atoms with Crippen molar-refractivity contribution < 1.29 is 9.53 Å². The minimum Gasteiger partial charge on any atom is -0.374 e. The van der Waals surface area contributed by atoms with E-state index in [-0.39, 0.29) is 5.91 Å². The Morgan fingerprint density at radius 2 is 1.88 bits per heavy atom. The smallest absolute Gasteiger partial charge is 0.222 e. The van der Waals surface area contributed by atoms with Gasteiger partial charge in [0, 0.05) is 38.4 Å². The Bertz CT molecular complexity index is 729. The summed E-state index contributed by atoms with van der Waals surface area (Å²) in [6.45, 7) is 2.50. The van der Waals surface area contributed by atoms with Crippen LogP contribution in [0.25, 0.3) is 0 Å². The number of aryl methyl sites for hydroxylation is 2. The summed E-state index contributed by atoms with van der Waals surface area (Å²) in [6, 6.07) is 12.3. The molecule has 2 fully saturated rings. The molecule has 1 aliphatic heterocycles. The Labute approximate surface area is 154 Å². The molecule has 0 radical (unpaired) electrons. The van der Waals surface area contributed by atoms with Crippen LogP contribution in [0.1, 0.15) is 30.5 Å². The summed E-state index contributed by atoms with van der Waals surface area (Å²) in [5, 5.41) is 4.16. The van der Waals surface area contributed by atoms with Crippen molar-refractivity contribution in [1.82, 2.24) is 14.7 Å². The van der Waals surface area contributed by atoms with Gasteiger partial charge in [-0.1, -0.05) is 30.3 Å². The molecular formula is C21H27N3O2. The molecule has 5 nitrogen and oxygen atoms in total. The number of rotatable bonds is 6. The molecule has 5 heteroatoms. The first-order chi connectivity index (χ1) is 12.7. The van der Waals surface area contributed by atoms with Crippen LogP contribution in [0.15, 0.2) is 42.6 Å². The van der Waals surface area contributed by atoms with E-state index in [9.17, 15) is 4.79 Å². The lowest BCUT2D eigenvalue weighted by Gasteiger charge is -2.20. The molecular weight excluding hydrogens is 326 g/mol. The van der Waals surface area contributed by atoms with Crippen molar-refractivity contribution in [1.29, 1.82) is 0 Å². The van der Waals surface area contributed by atoms with Gasteiger partial charge in [0.15, 0.2) is 0 Å². The van der Waals surface area contributed by atoms with E-state index in [1.807, 2.05) is 23.9 Å². The summed E-state index contributed by atoms with van der Waals surface area (Å²) in [7, 11) is 1.93. The number of amides is 1. The zero-order valence-electron chi connectivity index (χ0n) is 15.4. The Morgan fingerprint density at radius 1 is 1.15 bits per heavy atom. The van der Waals surface area contributed by atoms with E-state index < -0.39 is 0 Å². The molecule has 3 atom stereocenters. The Hall–Kier alpha value is -2.14. The van der Waals surface area contributed by atoms with Gasteiger partial charge >= 0.3 is 0 Å². The number of carbonyl (C=O) groups excluding carboxylic acids is 1. The molecule has 0 spiro atoms. The fraction of sp³-hybridized carbons (Fsp3) is 0.524. The van der Waals surface area contributed by atoms with Crippen LogP contribution in [0.3, 0.4) is 0 Å². The zero-order chi connectivity index (χ0) is 17.9. The van der Waals surface area contributed by atoms with Crippen LogP contribution in [0.2, 0.25) is 0 Å². The molecule has 1 saturated heterocycles. The first-order valence-corrected chi connectivity index (χ1v) is 9.59. The summed E-state index contributed by atoms with van der Waals surface area (Å²) in [5.41, 5.74) is 2.35. The number of aromatic nitrogens is 2. The van der Waals surface area contributed by atoms with Gasteiger partial charge in [0.25, 0.3) is 0 Å². The number of hydrogen-bond donors (Lipinski definition) is 0. The molecule has 2 aromatic rings. The first-order valence-electron chi connectivity index (χ1n) is 9.59. The minimum absolute atomic E-state index is 0.280. The molecule has 1 aromatic carbocycles. The fourth-order valence-electron chi connectivity index (χ4n) is 4.41. The summed E-state index contributed by atoms with van der Waals surface area (Å²) in [5.74, 6) is 1.50. The number of carbonyl (C=O) groups is 1. The largest absolute Gasteiger partial charge is 0.374 e. The number of likely N-dealkylation sites (tertiary alicyclic amines) is 1. The van der Waals surface area contributed by atoms with Crippen LogP contribution in [-0.4, -0.2) is 39.8 Å². The van der Waals surface area contributed by atoms with E-state index in [0.717, 1.165) is 38.0 Å². The minimum atomic E-state index is 0.280. The number of benzene rings is 1. The van der Waals surface area contributed by atoms with Gasteiger partial charge in [0.05, 0.1) is 12.7 Å². The van der Waals surface area contributed by atoms with Crippen LogP contribution in [-0.2, 0) is 29.6 Å². The van der Waals surface area contributed by atoms with Gasteiger partial charge in [-0.25, -0.2) is 0 Å². The van der Waals surface area contributed by atoms with Crippen molar-refractivity contribution in [2.45, 2.75) is 38.4 Å². The van der Waals surface area contributed by atoms with Gasteiger partial charge in [0.2, 0.25) is 5.91 Å². The molecule has 0 bridgehead atoms. The molecule has 0 N–H and O–H groups in total. The van der Waals surface area contributed by atoms with E-state index >= 15 is 0 Å². The zero-order valence-corrected chi connectivity index (χ0v) is 15.4. The highest BCUT2D eigenvalue weighted by Crippen LogP contribution is 2.39. The molecule has 138 valence electrons. The van der Waals surface area contributed by atoms with Gasteiger partial charge in [-0.3, -0.25) is 9.48 Å². The maximum Gasteiger partial charge on any atom is 0.222 e. The predicted molar refractivity (Wildman–Crippen MR) is 99.3 cm³/mol. The van der Waals surface area contributed by atoms with Crippen molar-refractivity contribution in [3.8, 4) is 0 Å². The molecule has 1 unspecified atom stereocenters. The van der Waals surface area contributed by atoms with Crippen LogP contribution < -0.4 is 0 Å². The van der Waals surface area contributed by atoms with E-state index in [1.165, 1.54) is 5.56 Å². The fourth-order valence-corrected chi connectivity index (χ4v) is 4.41. The Balaban J connectivity index is 1.22. The number of nitrogens with zero attached hydrogens (tertiary/aromatic N) is 3. The van der Waals surface area contributed by atoms with E-state index in [4.69, 9.17) is 4.74 Å². The molecule has 2 aliphatic rings. The van der Waals surface area contributed by atoms with Crippen molar-refractivity contribution in [3.63, 3.8) is 0 Å². The van der Waals surface area contributed by atoms with Crippen LogP contribution in [0.5, 0.6) is 0 Å². The summed E-state index contributed by atoms with van der Waals surface area (Å²) in [6.07, 6.45) is 5.65. The number of hydrogen-bond acceptors (Lipinski definition) is 3. The SMILES string of the molecule is Cn1nccc1CCC(=O)N1C[C@H]2CC(OCc3ccccc3)C[C@H]2C1. The average Bonchev–Trinajstić information content (AvgIpc) is 3.33. The average molecular weight is 353 g/mol. The van der Waals surface area contributed by atoms with Crippen LogP contribution >= 0.6 is 0 Å². The highest BCUT2D eigenvalue weighted by atomic mass is 16.5. The molecule has 1 aliphatic carbocycles. The highest BCUT2D eigenvalue weighted by Gasteiger charge is 2.42. The molecule has 2 heterocycles. The maximum atomic E-state index is 12.5. The van der Waals surface area contributed by atoms with Crippen molar-refractivity contribution in [2.75, 3.05) is 13.1 Å². The Kier molecular flexibility index (Phi) is 5.07. The molecule has 1 saturated carbocycles. The maximum absolute atomic E-state index is 12.5. The molecule has 4 rings (SSSR count). The third-order valence-corrected chi connectivity index (χ3v) is 5.91. The third kappa shape index (κ3) is 3.83. The van der Waals surface area contributed by atoms with Gasteiger partial charge in [-0.05, 0) is 42.7 Å². The van der Waals surface area contributed by atoms with Crippen molar-refractivity contribution in [2.24, 2.45) is 18.9 Å². The lowest BCUT2D eigenvalue weighted by Crippen LogP contribution is -2.30. The lowest BCUT2D eigenvalue weighted by molar-refractivity contribution is -0.130. The number of ether oxygens (including phenoxy) is 1. The lowest BCUT2D eigenvalue weighted by atomic mass is 10.0. The second kappa shape index (κ2) is 7.62. The predicted octanol–water partition coefficient (Wildman–Crippen LogP) is 2.81. The molecule has 1 aromatic heterocycles. The van der Waals surface area contributed by atoms with Gasteiger partial charge in [-0.2, -0.15) is 5.10 Å². The van der Waals surface area contributed by atoms with Crippen LogP contribution in [0.4, 0.5) is 0 Å². The van der Waals surface area contributed by atoms with E-state index in [0.29, 0.717) is 31.0 Å². The van der Waals surface area contributed by atoms with Gasteiger partial charge in [-0.15, -0.1) is 0 Å². The monoisotopic (exact) mass is 353 g/mol. The Morgan fingerprint density at radius 3 is 2.54 bits per heavy atom. The number of fused-ring (bicyclic) bond motifs is 1. The summed E-state index contributed by atoms with van der Waals surface area (Å²) < 4.78 is 7.97. The topological polar surface area (TPSA) is 47.4 Å². The normalized spacial score (nSPS) is 24.8. The van der Waals surface area contributed by atoms with Gasteiger partial charge in [0.1, 0.15) is 0 Å². The van der Waals surface area contributed by atoms with Crippen molar-refractivity contribution >= 4 is 5.91 Å². The summed E-state index contributed by atoms with van der Waals surface area (Å²) in [4.78, 5) is 14.6. The van der Waals surface area contributed by atoms with Crippen LogP contribution in [0, 0.1) is 11.8 Å². The molecule has 26 heavy (non-hydrogen) atoms. The highest BCUT2D eigenvalue weighted by molar-refractivity contribution is 5.76. The van der Waals surface area contributed by atoms with Gasteiger partial charge < -0.3 is 9.64 Å².